The Morgan fingerprint density at radius 3 is 2.76 bits per heavy atom. The molecule has 1 unspecified atom stereocenters. The molecule has 0 aromatic carbocycles. The maximum Gasteiger partial charge on any atom is 0.162 e. The minimum Gasteiger partial charge on any atom is -0.493 e. The number of methoxy groups -OCH3 is 1. The predicted molar refractivity (Wildman–Crippen MR) is 62.1 cm³/mol. The van der Waals surface area contributed by atoms with Crippen molar-refractivity contribution < 1.29 is 4.74 Å². The number of nitrogens with zero attached hydrogens (tertiary/aromatic N) is 4. The molecule has 0 saturated carbocycles. The van der Waals surface area contributed by atoms with Crippen molar-refractivity contribution in [1.29, 1.82) is 0 Å². The van der Waals surface area contributed by atoms with Crippen molar-refractivity contribution in [1.82, 2.24) is 24.8 Å². The first kappa shape index (κ1) is 11.6. The SMILES string of the molecule is COc1cnn(C)c1C(NN)c1cn(C)cn1. The van der Waals surface area contributed by atoms with E-state index >= 15 is 0 Å². The van der Waals surface area contributed by atoms with Crippen LogP contribution in [0.3, 0.4) is 0 Å². The van der Waals surface area contributed by atoms with Crippen LogP contribution in [0.5, 0.6) is 5.75 Å². The third-order valence-electron chi connectivity index (χ3n) is 2.63. The lowest BCUT2D eigenvalue weighted by molar-refractivity contribution is 0.400. The number of imidazole rings is 1. The lowest BCUT2D eigenvalue weighted by atomic mass is 10.1. The molecular weight excluding hydrogens is 220 g/mol. The van der Waals surface area contributed by atoms with Gasteiger partial charge in [0.15, 0.2) is 5.75 Å². The van der Waals surface area contributed by atoms with Gasteiger partial charge in [-0.05, 0) is 0 Å². The molecule has 2 rings (SSSR count). The van der Waals surface area contributed by atoms with Gasteiger partial charge < -0.3 is 9.30 Å². The minimum absolute atomic E-state index is 0.251. The van der Waals surface area contributed by atoms with Crippen LogP contribution in [0.2, 0.25) is 0 Å². The summed E-state index contributed by atoms with van der Waals surface area (Å²) in [5.74, 6) is 6.28. The Morgan fingerprint density at radius 2 is 2.24 bits per heavy atom. The second kappa shape index (κ2) is 4.56. The normalized spacial score (nSPS) is 12.7. The molecule has 2 aromatic heterocycles. The molecule has 2 aromatic rings. The summed E-state index contributed by atoms with van der Waals surface area (Å²) >= 11 is 0. The fourth-order valence-electron chi connectivity index (χ4n) is 1.80. The highest BCUT2D eigenvalue weighted by Crippen LogP contribution is 2.27. The van der Waals surface area contributed by atoms with Crippen LogP contribution in [0.1, 0.15) is 17.4 Å². The second-order valence-electron chi connectivity index (χ2n) is 3.79. The van der Waals surface area contributed by atoms with Crippen LogP contribution in [0.4, 0.5) is 0 Å². The molecule has 2 heterocycles. The molecule has 92 valence electrons. The minimum atomic E-state index is -0.251. The number of aromatic nitrogens is 4. The van der Waals surface area contributed by atoms with Crippen LogP contribution in [0.25, 0.3) is 0 Å². The zero-order valence-corrected chi connectivity index (χ0v) is 10.1. The number of ether oxygens (including phenoxy) is 1. The van der Waals surface area contributed by atoms with Crippen LogP contribution in [-0.2, 0) is 14.1 Å². The Bertz CT molecular complexity index is 503. The molecule has 0 aliphatic carbocycles. The van der Waals surface area contributed by atoms with Crippen molar-refractivity contribution in [3.05, 3.63) is 30.1 Å². The molecule has 7 nitrogen and oxygen atoms in total. The van der Waals surface area contributed by atoms with Crippen molar-refractivity contribution in [2.75, 3.05) is 7.11 Å². The van der Waals surface area contributed by atoms with Crippen LogP contribution in [0.15, 0.2) is 18.7 Å². The first-order valence-electron chi connectivity index (χ1n) is 5.17. The predicted octanol–water partition coefficient (Wildman–Crippen LogP) is -0.285. The molecule has 0 radical (unpaired) electrons. The maximum absolute atomic E-state index is 5.60. The van der Waals surface area contributed by atoms with Crippen LogP contribution >= 0.6 is 0 Å². The number of nitrogens with two attached hydrogens (primary N) is 1. The molecule has 0 amide bonds. The number of rotatable bonds is 4. The zero-order valence-electron chi connectivity index (χ0n) is 10.1. The van der Waals surface area contributed by atoms with E-state index in [9.17, 15) is 0 Å². The van der Waals surface area contributed by atoms with E-state index in [2.05, 4.69) is 15.5 Å². The summed E-state index contributed by atoms with van der Waals surface area (Å²) in [4.78, 5) is 4.28. The lowest BCUT2D eigenvalue weighted by Gasteiger charge is -2.15. The van der Waals surface area contributed by atoms with Gasteiger partial charge in [0.05, 0.1) is 25.3 Å². The van der Waals surface area contributed by atoms with Crippen LogP contribution in [-0.4, -0.2) is 26.4 Å². The number of hydrazine groups is 1. The van der Waals surface area contributed by atoms with E-state index in [0.29, 0.717) is 5.75 Å². The summed E-state index contributed by atoms with van der Waals surface area (Å²) in [6.45, 7) is 0. The van der Waals surface area contributed by atoms with E-state index in [-0.39, 0.29) is 6.04 Å². The molecule has 0 aliphatic heterocycles. The van der Waals surface area contributed by atoms with Gasteiger partial charge in [-0.1, -0.05) is 0 Å². The monoisotopic (exact) mass is 236 g/mol. The van der Waals surface area contributed by atoms with Gasteiger partial charge in [-0.2, -0.15) is 5.10 Å². The van der Waals surface area contributed by atoms with Crippen molar-refractivity contribution in [3.8, 4) is 5.75 Å². The molecule has 0 fully saturated rings. The van der Waals surface area contributed by atoms with E-state index < -0.39 is 0 Å². The Hall–Kier alpha value is -1.86. The molecule has 0 aliphatic rings. The molecule has 0 spiro atoms. The van der Waals surface area contributed by atoms with Gasteiger partial charge in [-0.25, -0.2) is 10.4 Å². The number of nitrogens with one attached hydrogen (secondary N) is 1. The lowest BCUT2D eigenvalue weighted by Crippen LogP contribution is -2.31. The van der Waals surface area contributed by atoms with Crippen molar-refractivity contribution in [2.24, 2.45) is 19.9 Å². The number of hydrogen-bond donors (Lipinski definition) is 2. The average Bonchev–Trinajstić information content (AvgIpc) is 2.89. The highest BCUT2D eigenvalue weighted by atomic mass is 16.5. The summed E-state index contributed by atoms with van der Waals surface area (Å²) in [7, 11) is 5.35. The Balaban J connectivity index is 2.44. The molecular formula is C10H16N6O. The van der Waals surface area contributed by atoms with Crippen molar-refractivity contribution in [3.63, 3.8) is 0 Å². The van der Waals surface area contributed by atoms with E-state index in [1.54, 1.807) is 24.3 Å². The van der Waals surface area contributed by atoms with E-state index in [1.807, 2.05) is 24.9 Å². The topological polar surface area (TPSA) is 82.9 Å². The zero-order chi connectivity index (χ0) is 12.4. The fourth-order valence-corrected chi connectivity index (χ4v) is 1.80. The van der Waals surface area contributed by atoms with Gasteiger partial charge in [0.1, 0.15) is 11.7 Å². The van der Waals surface area contributed by atoms with Gasteiger partial charge in [0, 0.05) is 20.3 Å². The van der Waals surface area contributed by atoms with Crippen LogP contribution in [0, 0.1) is 0 Å². The first-order valence-corrected chi connectivity index (χ1v) is 5.17. The fraction of sp³-hybridized carbons (Fsp3) is 0.400. The van der Waals surface area contributed by atoms with Gasteiger partial charge in [-0.3, -0.25) is 10.5 Å². The second-order valence-corrected chi connectivity index (χ2v) is 3.79. The Labute approximate surface area is 99.2 Å². The van der Waals surface area contributed by atoms with Gasteiger partial charge in [-0.15, -0.1) is 0 Å². The largest absolute Gasteiger partial charge is 0.493 e. The Kier molecular flexibility index (Phi) is 3.12. The highest BCUT2D eigenvalue weighted by molar-refractivity contribution is 5.33. The summed E-state index contributed by atoms with van der Waals surface area (Å²) in [5.41, 5.74) is 4.39. The van der Waals surface area contributed by atoms with E-state index in [4.69, 9.17) is 10.6 Å². The van der Waals surface area contributed by atoms with Crippen molar-refractivity contribution in [2.45, 2.75) is 6.04 Å². The standard InChI is InChI=1S/C10H16N6O/c1-15-5-7(12-6-15)9(14-11)10-8(17-3)4-13-16(10)2/h4-6,9,14H,11H2,1-3H3. The van der Waals surface area contributed by atoms with Gasteiger partial charge in [0.25, 0.3) is 0 Å². The first-order chi connectivity index (χ1) is 8.17. The smallest absolute Gasteiger partial charge is 0.162 e. The molecule has 3 N–H and O–H groups in total. The third kappa shape index (κ3) is 2.02. The van der Waals surface area contributed by atoms with Gasteiger partial charge >= 0.3 is 0 Å². The molecule has 1 atom stereocenters. The van der Waals surface area contributed by atoms with Gasteiger partial charge in [0.2, 0.25) is 0 Å². The molecule has 0 saturated heterocycles. The molecule has 7 heteroatoms. The summed E-state index contributed by atoms with van der Waals surface area (Å²) in [5, 5.41) is 4.15. The molecule has 17 heavy (non-hydrogen) atoms. The third-order valence-corrected chi connectivity index (χ3v) is 2.63. The average molecular weight is 236 g/mol. The van der Waals surface area contributed by atoms with E-state index in [1.165, 1.54) is 0 Å². The quantitative estimate of drug-likeness (QED) is 0.563. The van der Waals surface area contributed by atoms with E-state index in [0.717, 1.165) is 11.4 Å². The summed E-state index contributed by atoms with van der Waals surface area (Å²) in [6, 6.07) is -0.251. The number of hydrogen-bond acceptors (Lipinski definition) is 5. The number of aryl methyl sites for hydroxylation is 2. The molecule has 0 bridgehead atoms. The Morgan fingerprint density at radius 1 is 1.47 bits per heavy atom. The van der Waals surface area contributed by atoms with Crippen molar-refractivity contribution >= 4 is 0 Å². The summed E-state index contributed by atoms with van der Waals surface area (Å²) in [6.07, 6.45) is 5.28. The maximum atomic E-state index is 5.60. The highest BCUT2D eigenvalue weighted by Gasteiger charge is 2.23. The summed E-state index contributed by atoms with van der Waals surface area (Å²) < 4.78 is 8.85. The van der Waals surface area contributed by atoms with Crippen LogP contribution < -0.4 is 16.0 Å².